The minimum absolute atomic E-state index is 0.0284. The van der Waals surface area contributed by atoms with Crippen LogP contribution in [0.25, 0.3) is 10.9 Å². The van der Waals surface area contributed by atoms with E-state index in [0.29, 0.717) is 19.6 Å². The van der Waals surface area contributed by atoms with Gasteiger partial charge in [-0.3, -0.25) is 4.98 Å². The van der Waals surface area contributed by atoms with E-state index in [1.807, 2.05) is 54.6 Å². The molecule has 1 fully saturated rings. The molecular formula is C22H23N3O3. The SMILES string of the molecule is COc1ccc(CNC(=O)N2CC[C@H](Oc3cccc4cccnc34)C2)cc1. The smallest absolute Gasteiger partial charge is 0.317 e. The van der Waals surface area contributed by atoms with E-state index in [1.54, 1.807) is 18.2 Å². The maximum atomic E-state index is 12.5. The van der Waals surface area contributed by atoms with Crippen molar-refractivity contribution in [3.05, 3.63) is 66.4 Å². The highest BCUT2D eigenvalue weighted by atomic mass is 16.5. The Morgan fingerprint density at radius 2 is 2.00 bits per heavy atom. The average molecular weight is 377 g/mol. The zero-order chi connectivity index (χ0) is 19.3. The number of para-hydroxylation sites is 1. The molecule has 0 aliphatic carbocycles. The summed E-state index contributed by atoms with van der Waals surface area (Å²) in [5.74, 6) is 1.57. The summed E-state index contributed by atoms with van der Waals surface area (Å²) < 4.78 is 11.3. The highest BCUT2D eigenvalue weighted by Crippen LogP contribution is 2.26. The Hall–Kier alpha value is -3.28. The molecule has 144 valence electrons. The average Bonchev–Trinajstić information content (AvgIpc) is 3.21. The molecule has 1 aromatic heterocycles. The quantitative estimate of drug-likeness (QED) is 0.738. The second kappa shape index (κ2) is 8.17. The second-order valence-corrected chi connectivity index (χ2v) is 6.81. The number of likely N-dealkylation sites (tertiary alicyclic amines) is 1. The third-order valence-corrected chi connectivity index (χ3v) is 4.92. The Labute approximate surface area is 164 Å². The number of rotatable bonds is 5. The van der Waals surface area contributed by atoms with E-state index < -0.39 is 0 Å². The Morgan fingerprint density at radius 3 is 2.82 bits per heavy atom. The molecule has 2 amide bonds. The third-order valence-electron chi connectivity index (χ3n) is 4.92. The first-order chi connectivity index (χ1) is 13.7. The lowest BCUT2D eigenvalue weighted by molar-refractivity contribution is 0.187. The molecule has 2 heterocycles. The molecule has 0 spiro atoms. The first-order valence-corrected chi connectivity index (χ1v) is 9.39. The lowest BCUT2D eigenvalue weighted by Crippen LogP contribution is -2.39. The monoisotopic (exact) mass is 377 g/mol. The van der Waals surface area contributed by atoms with E-state index in [2.05, 4.69) is 10.3 Å². The van der Waals surface area contributed by atoms with Crippen molar-refractivity contribution in [3.8, 4) is 11.5 Å². The summed E-state index contributed by atoms with van der Waals surface area (Å²) in [5.41, 5.74) is 1.88. The van der Waals surface area contributed by atoms with Gasteiger partial charge in [-0.15, -0.1) is 0 Å². The molecule has 2 aromatic carbocycles. The largest absolute Gasteiger partial charge is 0.497 e. The van der Waals surface area contributed by atoms with E-state index in [1.165, 1.54) is 0 Å². The van der Waals surface area contributed by atoms with Crippen LogP contribution in [-0.4, -0.2) is 42.2 Å². The van der Waals surface area contributed by atoms with Crippen LogP contribution < -0.4 is 14.8 Å². The Bertz CT molecular complexity index is 953. The highest BCUT2D eigenvalue weighted by Gasteiger charge is 2.28. The van der Waals surface area contributed by atoms with Crippen LogP contribution in [0.3, 0.4) is 0 Å². The minimum Gasteiger partial charge on any atom is -0.497 e. The van der Waals surface area contributed by atoms with Crippen molar-refractivity contribution in [1.29, 1.82) is 0 Å². The van der Waals surface area contributed by atoms with Gasteiger partial charge in [0.2, 0.25) is 0 Å². The van der Waals surface area contributed by atoms with E-state index >= 15 is 0 Å². The first-order valence-electron chi connectivity index (χ1n) is 9.39. The predicted molar refractivity (Wildman–Crippen MR) is 108 cm³/mol. The molecule has 0 radical (unpaired) electrons. The van der Waals surface area contributed by atoms with Crippen molar-refractivity contribution >= 4 is 16.9 Å². The summed E-state index contributed by atoms with van der Waals surface area (Å²) in [6, 6.07) is 17.4. The number of urea groups is 1. The van der Waals surface area contributed by atoms with E-state index in [9.17, 15) is 4.79 Å². The summed E-state index contributed by atoms with van der Waals surface area (Å²) in [4.78, 5) is 18.7. The number of hydrogen-bond donors (Lipinski definition) is 1. The number of methoxy groups -OCH3 is 1. The van der Waals surface area contributed by atoms with Crippen LogP contribution >= 0.6 is 0 Å². The molecule has 6 nitrogen and oxygen atoms in total. The van der Waals surface area contributed by atoms with Crippen molar-refractivity contribution in [3.63, 3.8) is 0 Å². The number of hydrogen-bond acceptors (Lipinski definition) is 4. The molecule has 6 heteroatoms. The topological polar surface area (TPSA) is 63.7 Å². The molecule has 1 atom stereocenters. The zero-order valence-corrected chi connectivity index (χ0v) is 15.8. The van der Waals surface area contributed by atoms with Gasteiger partial charge in [-0.25, -0.2) is 4.79 Å². The van der Waals surface area contributed by atoms with Gasteiger partial charge < -0.3 is 19.7 Å². The van der Waals surface area contributed by atoms with E-state index in [4.69, 9.17) is 9.47 Å². The van der Waals surface area contributed by atoms with Crippen LogP contribution in [-0.2, 0) is 6.54 Å². The fraction of sp³-hybridized carbons (Fsp3) is 0.273. The predicted octanol–water partition coefficient (Wildman–Crippen LogP) is 3.61. The van der Waals surface area contributed by atoms with Gasteiger partial charge in [0, 0.05) is 31.1 Å². The number of ether oxygens (including phenoxy) is 2. The maximum Gasteiger partial charge on any atom is 0.317 e. The van der Waals surface area contributed by atoms with Gasteiger partial charge in [0.05, 0.1) is 13.7 Å². The standard InChI is InChI=1S/C22H23N3O3/c1-27-18-9-7-16(8-10-18)14-24-22(26)25-13-11-19(15-25)28-20-6-2-4-17-5-3-12-23-21(17)20/h2-10,12,19H,11,13-15H2,1H3,(H,24,26)/t19-/m0/s1. The lowest BCUT2D eigenvalue weighted by atomic mass is 10.2. The first kappa shape index (κ1) is 18.1. The Morgan fingerprint density at radius 1 is 1.18 bits per heavy atom. The fourth-order valence-electron chi connectivity index (χ4n) is 3.39. The summed E-state index contributed by atoms with van der Waals surface area (Å²) in [6.07, 6.45) is 2.54. The summed E-state index contributed by atoms with van der Waals surface area (Å²) in [6.45, 7) is 1.73. The number of fused-ring (bicyclic) bond motifs is 1. The van der Waals surface area contributed by atoms with E-state index in [-0.39, 0.29) is 12.1 Å². The van der Waals surface area contributed by atoms with Crippen molar-refractivity contribution < 1.29 is 14.3 Å². The van der Waals surface area contributed by atoms with Crippen molar-refractivity contribution in [1.82, 2.24) is 15.2 Å². The number of carbonyl (C=O) groups excluding carboxylic acids is 1. The number of pyridine rings is 1. The van der Waals surface area contributed by atoms with Gasteiger partial charge >= 0.3 is 6.03 Å². The van der Waals surface area contributed by atoms with Gasteiger partial charge in [0.15, 0.2) is 0 Å². The van der Waals surface area contributed by atoms with Gasteiger partial charge in [0.25, 0.3) is 0 Å². The lowest BCUT2D eigenvalue weighted by Gasteiger charge is -2.18. The minimum atomic E-state index is -0.0713. The van der Waals surface area contributed by atoms with Crippen molar-refractivity contribution in [2.45, 2.75) is 19.1 Å². The number of nitrogens with one attached hydrogen (secondary N) is 1. The molecule has 0 bridgehead atoms. The number of aromatic nitrogens is 1. The molecule has 0 unspecified atom stereocenters. The molecule has 3 aromatic rings. The molecule has 1 N–H and O–H groups in total. The van der Waals surface area contributed by atoms with Gasteiger partial charge in [-0.1, -0.05) is 30.3 Å². The molecule has 1 aliphatic heterocycles. The van der Waals surface area contributed by atoms with Crippen LogP contribution in [0.2, 0.25) is 0 Å². The van der Waals surface area contributed by atoms with Crippen molar-refractivity contribution in [2.24, 2.45) is 0 Å². The summed E-state index contributed by atoms with van der Waals surface area (Å²) >= 11 is 0. The second-order valence-electron chi connectivity index (χ2n) is 6.81. The number of benzene rings is 2. The normalized spacial score (nSPS) is 16.2. The molecule has 0 saturated carbocycles. The maximum absolute atomic E-state index is 12.5. The van der Waals surface area contributed by atoms with Crippen LogP contribution in [0.1, 0.15) is 12.0 Å². The third kappa shape index (κ3) is 4.01. The number of amides is 2. The molecule has 1 saturated heterocycles. The Kier molecular flexibility index (Phi) is 5.28. The van der Waals surface area contributed by atoms with Crippen LogP contribution in [0.15, 0.2) is 60.8 Å². The number of nitrogens with zero attached hydrogens (tertiary/aromatic N) is 2. The molecule has 1 aliphatic rings. The summed E-state index contributed by atoms with van der Waals surface area (Å²) in [5, 5.41) is 4.02. The number of carbonyl (C=O) groups is 1. The van der Waals surface area contributed by atoms with Crippen molar-refractivity contribution in [2.75, 3.05) is 20.2 Å². The molecule has 4 rings (SSSR count). The summed E-state index contributed by atoms with van der Waals surface area (Å²) in [7, 11) is 1.64. The van der Waals surface area contributed by atoms with Gasteiger partial charge in [-0.2, -0.15) is 0 Å². The van der Waals surface area contributed by atoms with Crippen LogP contribution in [0, 0.1) is 0 Å². The fourth-order valence-corrected chi connectivity index (χ4v) is 3.39. The van der Waals surface area contributed by atoms with Crippen LogP contribution in [0.5, 0.6) is 11.5 Å². The molecular weight excluding hydrogens is 354 g/mol. The molecule has 28 heavy (non-hydrogen) atoms. The van der Waals surface area contributed by atoms with Gasteiger partial charge in [0.1, 0.15) is 23.1 Å². The Balaban J connectivity index is 1.32. The zero-order valence-electron chi connectivity index (χ0n) is 15.8. The van der Waals surface area contributed by atoms with Crippen LogP contribution in [0.4, 0.5) is 4.79 Å². The highest BCUT2D eigenvalue weighted by molar-refractivity contribution is 5.84. The van der Waals surface area contributed by atoms with E-state index in [0.717, 1.165) is 34.4 Å². The van der Waals surface area contributed by atoms with Gasteiger partial charge in [-0.05, 0) is 29.8 Å².